The fourth-order valence-electron chi connectivity index (χ4n) is 0.825. The van der Waals surface area contributed by atoms with Crippen molar-refractivity contribution in [2.24, 2.45) is 7.05 Å². The lowest BCUT2D eigenvalue weighted by atomic mass is 10.5. The first-order chi connectivity index (χ1) is 6.20. The summed E-state index contributed by atoms with van der Waals surface area (Å²) in [5.74, 6) is 0. The van der Waals surface area contributed by atoms with E-state index >= 15 is 0 Å². The summed E-state index contributed by atoms with van der Waals surface area (Å²) in [6.45, 7) is 2.41. The molecule has 6 heteroatoms. The minimum absolute atomic E-state index is 0.166. The van der Waals surface area contributed by atoms with E-state index in [1.165, 1.54) is 11.6 Å². The molecule has 0 spiro atoms. The van der Waals surface area contributed by atoms with Crippen molar-refractivity contribution >= 4 is 6.41 Å². The van der Waals surface area contributed by atoms with Gasteiger partial charge in [-0.3, -0.25) is 4.79 Å². The van der Waals surface area contributed by atoms with E-state index in [0.29, 0.717) is 17.7 Å². The highest BCUT2D eigenvalue weighted by Gasteiger charge is 2.09. The predicted octanol–water partition coefficient (Wildman–Crippen LogP) is -0.591. The van der Waals surface area contributed by atoms with E-state index in [2.05, 4.69) is 5.10 Å². The smallest absolute Gasteiger partial charge is 0.355 e. The average Bonchev–Trinajstić information content (AvgIpc) is 2.41. The summed E-state index contributed by atoms with van der Waals surface area (Å²) >= 11 is 0. The second-order valence-electron chi connectivity index (χ2n) is 2.52. The van der Waals surface area contributed by atoms with Gasteiger partial charge in [0, 0.05) is 7.05 Å². The number of rotatable bonds is 4. The number of ether oxygens (including phenoxy) is 1. The zero-order valence-electron chi connectivity index (χ0n) is 7.56. The van der Waals surface area contributed by atoms with E-state index in [4.69, 9.17) is 4.74 Å². The van der Waals surface area contributed by atoms with Crippen LogP contribution in [0.4, 0.5) is 0 Å². The first kappa shape index (κ1) is 9.50. The molecule has 1 aromatic rings. The van der Waals surface area contributed by atoms with Gasteiger partial charge in [-0.05, 0) is 6.42 Å². The molecule has 0 aromatic carbocycles. The van der Waals surface area contributed by atoms with E-state index in [0.717, 1.165) is 6.42 Å². The summed E-state index contributed by atoms with van der Waals surface area (Å²) in [4.78, 5) is 21.4. The monoisotopic (exact) mass is 185 g/mol. The summed E-state index contributed by atoms with van der Waals surface area (Å²) in [6.07, 6.45) is 1.17. The normalized spacial score (nSPS) is 10.0. The molecular weight excluding hydrogens is 174 g/mol. The molecule has 0 amide bonds. The summed E-state index contributed by atoms with van der Waals surface area (Å²) in [5.41, 5.74) is -0.499. The Labute approximate surface area is 74.7 Å². The maximum Gasteiger partial charge on any atom is 0.355 e. The van der Waals surface area contributed by atoms with Crippen molar-refractivity contribution < 1.29 is 9.53 Å². The number of carbonyl (C=O) groups is 1. The van der Waals surface area contributed by atoms with Crippen LogP contribution >= 0.6 is 0 Å². The van der Waals surface area contributed by atoms with Gasteiger partial charge in [0.05, 0.1) is 6.61 Å². The fraction of sp³-hybridized carbons (Fsp3) is 0.571. The van der Waals surface area contributed by atoms with E-state index in [-0.39, 0.29) is 6.01 Å². The van der Waals surface area contributed by atoms with Gasteiger partial charge in [0.25, 0.3) is 0 Å². The van der Waals surface area contributed by atoms with Crippen LogP contribution in [0.15, 0.2) is 4.79 Å². The van der Waals surface area contributed by atoms with Crippen LogP contribution in [-0.4, -0.2) is 27.4 Å². The van der Waals surface area contributed by atoms with Crippen LogP contribution < -0.4 is 10.4 Å². The first-order valence-electron chi connectivity index (χ1n) is 3.94. The Morgan fingerprint density at radius 1 is 1.62 bits per heavy atom. The van der Waals surface area contributed by atoms with E-state index < -0.39 is 5.69 Å². The molecule has 13 heavy (non-hydrogen) atoms. The van der Waals surface area contributed by atoms with Gasteiger partial charge in [-0.2, -0.15) is 0 Å². The zero-order chi connectivity index (χ0) is 9.84. The van der Waals surface area contributed by atoms with E-state index in [1.807, 2.05) is 6.92 Å². The molecule has 72 valence electrons. The zero-order valence-corrected chi connectivity index (χ0v) is 7.56. The average molecular weight is 185 g/mol. The fourth-order valence-corrected chi connectivity index (χ4v) is 0.825. The second kappa shape index (κ2) is 3.88. The van der Waals surface area contributed by atoms with Gasteiger partial charge >= 0.3 is 11.7 Å². The van der Waals surface area contributed by atoms with Crippen LogP contribution in [0.25, 0.3) is 0 Å². The molecule has 0 saturated heterocycles. The molecule has 0 aliphatic heterocycles. The van der Waals surface area contributed by atoms with Crippen LogP contribution in [0.3, 0.4) is 0 Å². The molecule has 0 aliphatic rings. The predicted molar refractivity (Wildman–Crippen MR) is 45.4 cm³/mol. The van der Waals surface area contributed by atoms with Crippen molar-refractivity contribution in [3.05, 3.63) is 10.5 Å². The molecule has 0 bridgehead atoms. The molecule has 0 unspecified atom stereocenters. The van der Waals surface area contributed by atoms with Crippen molar-refractivity contribution in [2.75, 3.05) is 6.61 Å². The Bertz CT molecular complexity index is 352. The van der Waals surface area contributed by atoms with Gasteiger partial charge in [0.15, 0.2) is 0 Å². The number of aromatic nitrogens is 3. The molecule has 0 saturated carbocycles. The Morgan fingerprint density at radius 3 is 2.77 bits per heavy atom. The van der Waals surface area contributed by atoms with Crippen molar-refractivity contribution in [3.63, 3.8) is 0 Å². The Balaban J connectivity index is 2.96. The molecule has 1 rings (SSSR count). The molecule has 0 fully saturated rings. The van der Waals surface area contributed by atoms with Gasteiger partial charge in [0.1, 0.15) is 0 Å². The van der Waals surface area contributed by atoms with Crippen LogP contribution in [-0.2, 0) is 11.8 Å². The third-order valence-corrected chi connectivity index (χ3v) is 1.50. The molecule has 1 aromatic heterocycles. The first-order valence-corrected chi connectivity index (χ1v) is 3.94. The molecule has 0 radical (unpaired) electrons. The minimum atomic E-state index is -0.499. The number of hydrogen-bond acceptors (Lipinski definition) is 4. The summed E-state index contributed by atoms with van der Waals surface area (Å²) < 4.78 is 7.01. The number of hydrogen-bond donors (Lipinski definition) is 0. The maximum atomic E-state index is 11.1. The summed E-state index contributed by atoms with van der Waals surface area (Å²) in [5, 5.41) is 3.64. The third-order valence-electron chi connectivity index (χ3n) is 1.50. The highest BCUT2D eigenvalue weighted by Crippen LogP contribution is 1.99. The van der Waals surface area contributed by atoms with Crippen molar-refractivity contribution in [2.45, 2.75) is 13.3 Å². The summed E-state index contributed by atoms with van der Waals surface area (Å²) in [6, 6.07) is 0.166. The molecule has 0 N–H and O–H groups in total. The van der Waals surface area contributed by atoms with Crippen LogP contribution in [0.5, 0.6) is 6.01 Å². The van der Waals surface area contributed by atoms with E-state index in [9.17, 15) is 9.59 Å². The van der Waals surface area contributed by atoms with Crippen molar-refractivity contribution in [3.8, 4) is 6.01 Å². The molecule has 0 aliphatic carbocycles. The minimum Gasteiger partial charge on any atom is -0.464 e. The van der Waals surface area contributed by atoms with Gasteiger partial charge in [0.2, 0.25) is 6.41 Å². The van der Waals surface area contributed by atoms with Crippen LogP contribution in [0, 0.1) is 0 Å². The van der Waals surface area contributed by atoms with Gasteiger partial charge in [-0.25, -0.2) is 9.36 Å². The standard InChI is InChI=1S/C7H11N3O3/c1-3-4-13-6-8-10(5-11)7(12)9(6)2/h5H,3-4H2,1-2H3. The number of nitrogens with zero attached hydrogens (tertiary/aromatic N) is 3. The van der Waals surface area contributed by atoms with Crippen molar-refractivity contribution in [1.29, 1.82) is 0 Å². The summed E-state index contributed by atoms with van der Waals surface area (Å²) in [7, 11) is 1.50. The van der Waals surface area contributed by atoms with Gasteiger partial charge in [-0.1, -0.05) is 6.92 Å². The lowest BCUT2D eigenvalue weighted by molar-refractivity contribution is 0.280. The van der Waals surface area contributed by atoms with Crippen LogP contribution in [0.2, 0.25) is 0 Å². The number of carbonyl (C=O) groups excluding carboxylic acids is 1. The Hall–Kier alpha value is -1.59. The topological polar surface area (TPSA) is 66.1 Å². The quantitative estimate of drug-likeness (QED) is 0.588. The second-order valence-corrected chi connectivity index (χ2v) is 2.52. The lowest BCUT2D eigenvalue weighted by Gasteiger charge is -1.99. The van der Waals surface area contributed by atoms with Gasteiger partial charge < -0.3 is 4.74 Å². The highest BCUT2D eigenvalue weighted by molar-refractivity contribution is 5.49. The Kier molecular flexibility index (Phi) is 2.84. The molecule has 6 nitrogen and oxygen atoms in total. The largest absolute Gasteiger partial charge is 0.464 e. The SMILES string of the molecule is CCCOc1nn(C=O)c(=O)n1C. The van der Waals surface area contributed by atoms with Gasteiger partial charge in [-0.15, -0.1) is 9.78 Å². The third kappa shape index (κ3) is 1.77. The molecular formula is C7H11N3O3. The molecule has 0 atom stereocenters. The Morgan fingerprint density at radius 2 is 2.31 bits per heavy atom. The van der Waals surface area contributed by atoms with Crippen LogP contribution in [0.1, 0.15) is 13.3 Å². The van der Waals surface area contributed by atoms with E-state index in [1.54, 1.807) is 0 Å². The maximum absolute atomic E-state index is 11.1. The molecule has 1 heterocycles. The van der Waals surface area contributed by atoms with Crippen molar-refractivity contribution in [1.82, 2.24) is 14.3 Å². The highest BCUT2D eigenvalue weighted by atomic mass is 16.5. The lowest BCUT2D eigenvalue weighted by Crippen LogP contribution is -2.22.